The first-order chi connectivity index (χ1) is 6.97. The highest BCUT2D eigenvalue weighted by atomic mass is 32.2. The molecule has 0 saturated carbocycles. The Kier molecular flexibility index (Phi) is 13.8. The lowest BCUT2D eigenvalue weighted by atomic mass is 10.2. The molecule has 0 aliphatic heterocycles. The molecule has 0 aliphatic carbocycles. The zero-order chi connectivity index (χ0) is 12.2. The SMILES string of the molecule is CCCCC.CCCCCCS(=O)(=O)O. The van der Waals surface area contributed by atoms with E-state index in [4.69, 9.17) is 4.55 Å². The minimum Gasteiger partial charge on any atom is -0.286 e. The van der Waals surface area contributed by atoms with E-state index in [0.717, 1.165) is 19.3 Å². The van der Waals surface area contributed by atoms with Gasteiger partial charge in [-0.2, -0.15) is 8.42 Å². The second kappa shape index (κ2) is 12.0. The van der Waals surface area contributed by atoms with E-state index in [0.29, 0.717) is 6.42 Å². The predicted octanol–water partition coefficient (Wildman–Crippen LogP) is 3.65. The summed E-state index contributed by atoms with van der Waals surface area (Å²) in [7, 11) is -3.70. The van der Waals surface area contributed by atoms with Gasteiger partial charge in [-0.05, 0) is 6.42 Å². The van der Waals surface area contributed by atoms with Crippen molar-refractivity contribution in [2.45, 2.75) is 65.7 Å². The van der Waals surface area contributed by atoms with Crippen molar-refractivity contribution in [1.82, 2.24) is 0 Å². The van der Waals surface area contributed by atoms with Gasteiger partial charge in [-0.25, -0.2) is 0 Å². The summed E-state index contributed by atoms with van der Waals surface area (Å²) in [6, 6.07) is 0. The van der Waals surface area contributed by atoms with Crippen molar-refractivity contribution in [3.63, 3.8) is 0 Å². The molecule has 0 heterocycles. The molecule has 0 radical (unpaired) electrons. The number of unbranched alkanes of at least 4 members (excludes halogenated alkanes) is 5. The minimum atomic E-state index is -3.70. The van der Waals surface area contributed by atoms with Crippen molar-refractivity contribution in [1.29, 1.82) is 0 Å². The molecule has 0 aromatic rings. The maximum Gasteiger partial charge on any atom is 0.264 e. The van der Waals surface area contributed by atoms with E-state index in [1.54, 1.807) is 0 Å². The maximum absolute atomic E-state index is 10.1. The standard InChI is InChI=1S/C6H14O3S.C5H12/c1-2-3-4-5-6-10(7,8)9;1-3-5-4-2/h2-6H2,1H3,(H,7,8,9);3-5H2,1-2H3. The van der Waals surface area contributed by atoms with Crippen LogP contribution in [0.3, 0.4) is 0 Å². The van der Waals surface area contributed by atoms with Crippen LogP contribution in [0.5, 0.6) is 0 Å². The van der Waals surface area contributed by atoms with Crippen LogP contribution in [0.15, 0.2) is 0 Å². The summed E-state index contributed by atoms with van der Waals surface area (Å²) >= 11 is 0. The van der Waals surface area contributed by atoms with Crippen LogP contribution in [-0.4, -0.2) is 18.7 Å². The summed E-state index contributed by atoms with van der Waals surface area (Å²) in [5, 5.41) is 0. The van der Waals surface area contributed by atoms with E-state index in [1.165, 1.54) is 19.3 Å². The van der Waals surface area contributed by atoms with Gasteiger partial charge < -0.3 is 0 Å². The molecule has 0 fully saturated rings. The van der Waals surface area contributed by atoms with Crippen molar-refractivity contribution in [2.75, 3.05) is 5.75 Å². The summed E-state index contributed by atoms with van der Waals surface area (Å²) in [4.78, 5) is 0. The van der Waals surface area contributed by atoms with Gasteiger partial charge in [0.25, 0.3) is 10.1 Å². The molecular formula is C11H26O3S. The molecule has 0 bridgehead atoms. The molecule has 0 amide bonds. The van der Waals surface area contributed by atoms with E-state index in [-0.39, 0.29) is 5.75 Å². The Bertz CT molecular complexity index is 196. The molecular weight excluding hydrogens is 212 g/mol. The monoisotopic (exact) mass is 238 g/mol. The Morgan fingerprint density at radius 3 is 1.53 bits per heavy atom. The van der Waals surface area contributed by atoms with E-state index in [9.17, 15) is 8.42 Å². The fourth-order valence-electron chi connectivity index (χ4n) is 1.06. The largest absolute Gasteiger partial charge is 0.286 e. The molecule has 94 valence electrons. The van der Waals surface area contributed by atoms with E-state index >= 15 is 0 Å². The normalized spacial score (nSPS) is 10.7. The molecule has 1 N–H and O–H groups in total. The van der Waals surface area contributed by atoms with Crippen LogP contribution in [0, 0.1) is 0 Å². The average molecular weight is 238 g/mol. The van der Waals surface area contributed by atoms with Crippen LogP contribution in [0.1, 0.15) is 65.7 Å². The Hall–Kier alpha value is -0.0900. The zero-order valence-corrected chi connectivity index (χ0v) is 11.1. The van der Waals surface area contributed by atoms with Crippen LogP contribution in [0.25, 0.3) is 0 Å². The van der Waals surface area contributed by atoms with Gasteiger partial charge in [0, 0.05) is 0 Å². The third-order valence-electron chi connectivity index (χ3n) is 1.96. The van der Waals surface area contributed by atoms with Crippen LogP contribution >= 0.6 is 0 Å². The molecule has 0 saturated heterocycles. The topological polar surface area (TPSA) is 54.4 Å². The predicted molar refractivity (Wildman–Crippen MR) is 65.8 cm³/mol. The van der Waals surface area contributed by atoms with Gasteiger partial charge >= 0.3 is 0 Å². The quantitative estimate of drug-likeness (QED) is 0.544. The summed E-state index contributed by atoms with van der Waals surface area (Å²) in [6.07, 6.45) is 7.65. The van der Waals surface area contributed by atoms with Crippen LogP contribution < -0.4 is 0 Å². The Labute approximate surface area is 95.0 Å². The highest BCUT2D eigenvalue weighted by Crippen LogP contribution is 2.00. The molecule has 0 aromatic carbocycles. The van der Waals surface area contributed by atoms with Crippen LogP contribution in [0.4, 0.5) is 0 Å². The smallest absolute Gasteiger partial charge is 0.264 e. The molecule has 0 unspecified atom stereocenters. The summed E-state index contributed by atoms with van der Waals surface area (Å²) in [5.74, 6) is -0.0903. The minimum absolute atomic E-state index is 0.0903. The second-order valence-corrected chi connectivity index (χ2v) is 5.27. The molecule has 3 nitrogen and oxygen atoms in total. The van der Waals surface area contributed by atoms with Crippen molar-refractivity contribution >= 4 is 10.1 Å². The second-order valence-electron chi connectivity index (χ2n) is 3.70. The number of rotatable bonds is 7. The highest BCUT2D eigenvalue weighted by molar-refractivity contribution is 7.85. The van der Waals surface area contributed by atoms with Gasteiger partial charge in [-0.15, -0.1) is 0 Å². The first-order valence-electron chi connectivity index (χ1n) is 5.93. The average Bonchev–Trinajstić information content (AvgIpc) is 2.13. The van der Waals surface area contributed by atoms with Gasteiger partial charge in [-0.3, -0.25) is 4.55 Å². The Balaban J connectivity index is 0. The number of hydrogen-bond donors (Lipinski definition) is 1. The van der Waals surface area contributed by atoms with Crippen LogP contribution in [0.2, 0.25) is 0 Å². The van der Waals surface area contributed by atoms with E-state index < -0.39 is 10.1 Å². The molecule has 0 aromatic heterocycles. The third kappa shape index (κ3) is 24.9. The van der Waals surface area contributed by atoms with Gasteiger partial charge in [0.2, 0.25) is 0 Å². The summed E-state index contributed by atoms with van der Waals surface area (Å²) in [5.41, 5.74) is 0. The fraction of sp³-hybridized carbons (Fsp3) is 1.00. The van der Waals surface area contributed by atoms with Gasteiger partial charge in [0.05, 0.1) is 5.75 Å². The molecule has 15 heavy (non-hydrogen) atoms. The molecule has 0 atom stereocenters. The lowest BCUT2D eigenvalue weighted by Gasteiger charge is -1.95. The van der Waals surface area contributed by atoms with Gasteiger partial charge in [0.1, 0.15) is 0 Å². The molecule has 4 heteroatoms. The Morgan fingerprint density at radius 1 is 0.800 bits per heavy atom. The van der Waals surface area contributed by atoms with E-state index in [1.807, 2.05) is 6.92 Å². The van der Waals surface area contributed by atoms with Crippen molar-refractivity contribution in [2.24, 2.45) is 0 Å². The lowest BCUT2D eigenvalue weighted by Crippen LogP contribution is -2.03. The zero-order valence-electron chi connectivity index (χ0n) is 10.3. The third-order valence-corrected chi connectivity index (χ3v) is 2.77. The molecule has 0 aliphatic rings. The maximum atomic E-state index is 10.1. The number of hydrogen-bond acceptors (Lipinski definition) is 2. The van der Waals surface area contributed by atoms with E-state index in [2.05, 4.69) is 13.8 Å². The first kappa shape index (κ1) is 17.3. The summed E-state index contributed by atoms with van der Waals surface area (Å²) in [6.45, 7) is 6.47. The molecule has 0 rings (SSSR count). The van der Waals surface area contributed by atoms with Crippen molar-refractivity contribution in [3.05, 3.63) is 0 Å². The van der Waals surface area contributed by atoms with Crippen molar-refractivity contribution < 1.29 is 13.0 Å². The van der Waals surface area contributed by atoms with Crippen LogP contribution in [-0.2, 0) is 10.1 Å². The first-order valence-corrected chi connectivity index (χ1v) is 7.54. The molecule has 0 spiro atoms. The Morgan fingerprint density at radius 2 is 1.27 bits per heavy atom. The highest BCUT2D eigenvalue weighted by Gasteiger charge is 2.01. The van der Waals surface area contributed by atoms with Crippen molar-refractivity contribution in [3.8, 4) is 0 Å². The summed E-state index contributed by atoms with van der Waals surface area (Å²) < 4.78 is 28.6. The fourth-order valence-corrected chi connectivity index (χ4v) is 1.63. The van der Waals surface area contributed by atoms with Gasteiger partial charge in [-0.1, -0.05) is 59.3 Å². The lowest BCUT2D eigenvalue weighted by molar-refractivity contribution is 0.479. The van der Waals surface area contributed by atoms with Gasteiger partial charge in [0.15, 0.2) is 0 Å².